The van der Waals surface area contributed by atoms with Crippen LogP contribution in [0, 0.1) is 5.41 Å². The smallest absolute Gasteiger partial charge is 0.145 e. The van der Waals surface area contributed by atoms with E-state index in [1.54, 1.807) is 6.20 Å². The zero-order valence-electron chi connectivity index (χ0n) is 7.12. The Labute approximate surface area is 75.9 Å². The maximum atomic E-state index is 7.18. The number of hydrogen-bond donors (Lipinski definition) is 3. The Morgan fingerprint density at radius 3 is 2.92 bits per heavy atom. The minimum Gasteiger partial charge on any atom is -0.382 e. The molecule has 1 aromatic heterocycles. The second-order valence-corrected chi connectivity index (χ2v) is 3.12. The summed E-state index contributed by atoms with van der Waals surface area (Å²) in [4.78, 5) is 8.07. The molecule has 1 saturated carbocycles. The molecular formula is C8H11N5. The number of rotatable bonds is 3. The second kappa shape index (κ2) is 3.01. The highest BCUT2D eigenvalue weighted by Crippen LogP contribution is 2.23. The summed E-state index contributed by atoms with van der Waals surface area (Å²) in [5, 5.41) is 10.4. The first kappa shape index (κ1) is 7.97. The Balaban J connectivity index is 2.15. The van der Waals surface area contributed by atoms with Gasteiger partial charge in [0.15, 0.2) is 0 Å². The lowest BCUT2D eigenvalue weighted by molar-refractivity contribution is 1.07. The fourth-order valence-corrected chi connectivity index (χ4v) is 1.00. The molecule has 5 nitrogen and oxygen atoms in total. The zero-order chi connectivity index (χ0) is 9.26. The van der Waals surface area contributed by atoms with E-state index in [-0.39, 0.29) is 5.84 Å². The van der Waals surface area contributed by atoms with Gasteiger partial charge in [-0.1, -0.05) is 0 Å². The maximum Gasteiger partial charge on any atom is 0.145 e. The Morgan fingerprint density at radius 2 is 2.31 bits per heavy atom. The standard InChI is InChI=1S/C8H11N5/c9-8(10)6-3-11-4-7(13-6)12-5-1-2-5/h3-5H,1-2H2,(H3,9,10)(H,12,13). The number of anilines is 1. The molecule has 0 saturated heterocycles. The van der Waals surface area contributed by atoms with Gasteiger partial charge in [-0.15, -0.1) is 0 Å². The molecule has 1 fully saturated rings. The summed E-state index contributed by atoms with van der Waals surface area (Å²) in [6.07, 6.45) is 5.50. The minimum atomic E-state index is -0.0491. The molecule has 1 aromatic rings. The van der Waals surface area contributed by atoms with E-state index in [0.29, 0.717) is 17.6 Å². The van der Waals surface area contributed by atoms with Gasteiger partial charge in [-0.05, 0) is 12.8 Å². The Bertz CT molecular complexity index is 331. The first-order chi connectivity index (χ1) is 6.25. The van der Waals surface area contributed by atoms with Gasteiger partial charge in [-0.2, -0.15) is 0 Å². The van der Waals surface area contributed by atoms with Gasteiger partial charge < -0.3 is 11.1 Å². The van der Waals surface area contributed by atoms with Crippen LogP contribution in [0.15, 0.2) is 12.4 Å². The molecule has 1 aliphatic carbocycles. The Hall–Kier alpha value is -1.65. The molecule has 0 spiro atoms. The summed E-state index contributed by atoms with van der Waals surface area (Å²) in [6.45, 7) is 0. The molecule has 0 atom stereocenters. The van der Waals surface area contributed by atoms with Crippen molar-refractivity contribution in [3.05, 3.63) is 18.1 Å². The fraction of sp³-hybridized carbons (Fsp3) is 0.375. The molecule has 1 heterocycles. The molecule has 0 amide bonds. The van der Waals surface area contributed by atoms with Crippen molar-refractivity contribution in [1.82, 2.24) is 9.97 Å². The van der Waals surface area contributed by atoms with Crippen molar-refractivity contribution in [3.63, 3.8) is 0 Å². The number of nitrogen functional groups attached to an aromatic ring is 1. The largest absolute Gasteiger partial charge is 0.382 e. The molecule has 1 aliphatic rings. The van der Waals surface area contributed by atoms with Gasteiger partial charge in [0, 0.05) is 6.04 Å². The second-order valence-electron chi connectivity index (χ2n) is 3.12. The lowest BCUT2D eigenvalue weighted by atomic mass is 10.4. The van der Waals surface area contributed by atoms with E-state index in [4.69, 9.17) is 11.1 Å². The maximum absolute atomic E-state index is 7.18. The van der Waals surface area contributed by atoms with E-state index >= 15 is 0 Å². The highest BCUT2D eigenvalue weighted by Gasteiger charge is 2.21. The zero-order valence-corrected chi connectivity index (χ0v) is 7.12. The normalized spacial score (nSPS) is 15.4. The van der Waals surface area contributed by atoms with Crippen molar-refractivity contribution in [1.29, 1.82) is 5.41 Å². The quantitative estimate of drug-likeness (QED) is 0.458. The molecule has 68 valence electrons. The van der Waals surface area contributed by atoms with Crippen LogP contribution in [0.4, 0.5) is 5.82 Å². The van der Waals surface area contributed by atoms with Crippen LogP contribution in [0.5, 0.6) is 0 Å². The Morgan fingerprint density at radius 1 is 1.54 bits per heavy atom. The van der Waals surface area contributed by atoms with Crippen LogP contribution in [0.3, 0.4) is 0 Å². The van der Waals surface area contributed by atoms with E-state index in [9.17, 15) is 0 Å². The molecule has 0 aromatic carbocycles. The minimum absolute atomic E-state index is 0.0491. The van der Waals surface area contributed by atoms with Gasteiger partial charge in [0.05, 0.1) is 12.4 Å². The van der Waals surface area contributed by atoms with E-state index in [2.05, 4.69) is 15.3 Å². The van der Waals surface area contributed by atoms with Gasteiger partial charge in [-0.3, -0.25) is 10.4 Å². The van der Waals surface area contributed by atoms with Crippen LogP contribution in [-0.4, -0.2) is 21.8 Å². The van der Waals surface area contributed by atoms with Crippen LogP contribution in [0.1, 0.15) is 18.5 Å². The molecule has 4 N–H and O–H groups in total. The molecule has 0 aliphatic heterocycles. The number of aromatic nitrogens is 2. The predicted molar refractivity (Wildman–Crippen MR) is 49.7 cm³/mol. The molecule has 0 radical (unpaired) electrons. The third-order valence-electron chi connectivity index (χ3n) is 1.84. The molecular weight excluding hydrogens is 166 g/mol. The summed E-state index contributed by atoms with van der Waals surface area (Å²) in [5.41, 5.74) is 5.70. The Kier molecular flexibility index (Phi) is 1.84. The summed E-state index contributed by atoms with van der Waals surface area (Å²) in [7, 11) is 0. The average Bonchev–Trinajstić information content (AvgIpc) is 2.89. The van der Waals surface area contributed by atoms with Crippen LogP contribution in [-0.2, 0) is 0 Å². The fourth-order valence-electron chi connectivity index (χ4n) is 1.00. The molecule has 0 bridgehead atoms. The van der Waals surface area contributed by atoms with Crippen LogP contribution in [0.25, 0.3) is 0 Å². The third kappa shape index (κ3) is 1.93. The van der Waals surface area contributed by atoms with Crippen LogP contribution >= 0.6 is 0 Å². The van der Waals surface area contributed by atoms with Gasteiger partial charge in [0.25, 0.3) is 0 Å². The number of nitrogens with one attached hydrogen (secondary N) is 2. The summed E-state index contributed by atoms with van der Waals surface area (Å²) in [5.74, 6) is 0.655. The molecule has 0 unspecified atom stereocenters. The van der Waals surface area contributed by atoms with Crippen molar-refractivity contribution in [3.8, 4) is 0 Å². The molecule has 5 heteroatoms. The molecule has 13 heavy (non-hydrogen) atoms. The van der Waals surface area contributed by atoms with Gasteiger partial charge >= 0.3 is 0 Å². The van der Waals surface area contributed by atoms with E-state index in [1.165, 1.54) is 19.0 Å². The SMILES string of the molecule is N=C(N)c1cncc(NC2CC2)n1. The monoisotopic (exact) mass is 177 g/mol. The highest BCUT2D eigenvalue weighted by molar-refractivity contribution is 5.92. The van der Waals surface area contributed by atoms with E-state index in [1.807, 2.05) is 0 Å². The topological polar surface area (TPSA) is 87.7 Å². The lowest BCUT2D eigenvalue weighted by Crippen LogP contribution is -2.15. The number of nitrogens with two attached hydrogens (primary N) is 1. The number of amidine groups is 1. The van der Waals surface area contributed by atoms with E-state index < -0.39 is 0 Å². The van der Waals surface area contributed by atoms with Gasteiger partial charge in [0.1, 0.15) is 17.3 Å². The van der Waals surface area contributed by atoms with Crippen molar-refractivity contribution in [2.45, 2.75) is 18.9 Å². The first-order valence-electron chi connectivity index (χ1n) is 4.18. The van der Waals surface area contributed by atoms with Crippen molar-refractivity contribution >= 4 is 11.7 Å². The van der Waals surface area contributed by atoms with Gasteiger partial charge in [-0.25, -0.2) is 4.98 Å². The van der Waals surface area contributed by atoms with E-state index in [0.717, 1.165) is 0 Å². The first-order valence-corrected chi connectivity index (χ1v) is 4.18. The number of nitrogens with zero attached hydrogens (tertiary/aromatic N) is 2. The lowest BCUT2D eigenvalue weighted by Gasteiger charge is -2.03. The predicted octanol–water partition coefficient (Wildman–Crippen LogP) is 0.335. The van der Waals surface area contributed by atoms with Gasteiger partial charge in [0.2, 0.25) is 0 Å². The van der Waals surface area contributed by atoms with Crippen molar-refractivity contribution in [2.24, 2.45) is 5.73 Å². The summed E-state index contributed by atoms with van der Waals surface area (Å²) < 4.78 is 0. The third-order valence-corrected chi connectivity index (χ3v) is 1.84. The number of hydrogen-bond acceptors (Lipinski definition) is 4. The van der Waals surface area contributed by atoms with Crippen LogP contribution < -0.4 is 11.1 Å². The average molecular weight is 177 g/mol. The van der Waals surface area contributed by atoms with Crippen molar-refractivity contribution < 1.29 is 0 Å². The van der Waals surface area contributed by atoms with Crippen molar-refractivity contribution in [2.75, 3.05) is 5.32 Å². The summed E-state index contributed by atoms with van der Waals surface area (Å²) in [6, 6.07) is 0.538. The highest BCUT2D eigenvalue weighted by atomic mass is 15.1. The molecule has 2 rings (SSSR count). The summed E-state index contributed by atoms with van der Waals surface area (Å²) >= 11 is 0. The van der Waals surface area contributed by atoms with Crippen LogP contribution in [0.2, 0.25) is 0 Å².